The van der Waals surface area contributed by atoms with Crippen LogP contribution in [-0.4, -0.2) is 23.6 Å². The standard InChI is InChI=1S/C9H8ClN5O3S/c10-6-3-5(4-12-9(6)11)19(17,18)15-7-1-2-8(16)14-13-7/h1-4H,(H2,11,12)(H,13,15)(H,14,16). The van der Waals surface area contributed by atoms with Gasteiger partial charge in [0.1, 0.15) is 10.7 Å². The van der Waals surface area contributed by atoms with Crippen molar-refractivity contribution in [3.05, 3.63) is 39.8 Å². The molecule has 0 fully saturated rings. The van der Waals surface area contributed by atoms with Crippen LogP contribution < -0.4 is 16.0 Å². The molecule has 0 aromatic carbocycles. The van der Waals surface area contributed by atoms with E-state index in [0.29, 0.717) is 0 Å². The molecule has 8 nitrogen and oxygen atoms in total. The smallest absolute Gasteiger partial charge is 0.264 e. The summed E-state index contributed by atoms with van der Waals surface area (Å²) in [6.45, 7) is 0. The molecule has 4 N–H and O–H groups in total. The summed E-state index contributed by atoms with van der Waals surface area (Å²) in [5, 5.41) is 5.65. The number of H-pyrrole nitrogens is 1. The van der Waals surface area contributed by atoms with Gasteiger partial charge in [-0.3, -0.25) is 9.52 Å². The Labute approximate surface area is 112 Å². The minimum absolute atomic E-state index is 0.0253. The van der Waals surface area contributed by atoms with Crippen LogP contribution in [-0.2, 0) is 10.0 Å². The number of pyridine rings is 1. The van der Waals surface area contributed by atoms with E-state index >= 15 is 0 Å². The Morgan fingerprint density at radius 1 is 1.37 bits per heavy atom. The molecule has 0 aliphatic rings. The Morgan fingerprint density at radius 3 is 2.68 bits per heavy atom. The maximum atomic E-state index is 12.0. The van der Waals surface area contributed by atoms with Gasteiger partial charge >= 0.3 is 0 Å². The van der Waals surface area contributed by atoms with Crippen LogP contribution in [0.5, 0.6) is 0 Å². The summed E-state index contributed by atoms with van der Waals surface area (Å²) in [5.41, 5.74) is 4.95. The van der Waals surface area contributed by atoms with Gasteiger partial charge in [0.15, 0.2) is 5.82 Å². The minimum Gasteiger partial charge on any atom is -0.382 e. The summed E-state index contributed by atoms with van der Waals surface area (Å²) in [5.74, 6) is -0.00432. The van der Waals surface area contributed by atoms with Crippen molar-refractivity contribution in [3.63, 3.8) is 0 Å². The molecule has 0 radical (unpaired) electrons. The number of nitrogens with zero attached hydrogens (tertiary/aromatic N) is 2. The lowest BCUT2D eigenvalue weighted by molar-refractivity contribution is 0.600. The molecule has 100 valence electrons. The SMILES string of the molecule is Nc1ncc(S(=O)(=O)Nc2ccc(=O)[nH]n2)cc1Cl. The zero-order chi connectivity index (χ0) is 14.0. The van der Waals surface area contributed by atoms with Gasteiger partial charge in [-0.15, -0.1) is 0 Å². The third-order valence-electron chi connectivity index (χ3n) is 2.07. The van der Waals surface area contributed by atoms with Crippen LogP contribution in [0.25, 0.3) is 0 Å². The maximum absolute atomic E-state index is 12.0. The van der Waals surface area contributed by atoms with Crippen LogP contribution in [0.3, 0.4) is 0 Å². The molecule has 2 rings (SSSR count). The first-order chi connectivity index (χ1) is 8.88. The molecule has 0 aliphatic heterocycles. The average Bonchev–Trinajstić information content (AvgIpc) is 2.35. The van der Waals surface area contributed by atoms with Crippen molar-refractivity contribution >= 4 is 33.3 Å². The molecule has 2 heterocycles. The fourth-order valence-corrected chi connectivity index (χ4v) is 2.38. The van der Waals surface area contributed by atoms with Crippen LogP contribution in [0.4, 0.5) is 11.6 Å². The highest BCUT2D eigenvalue weighted by Crippen LogP contribution is 2.21. The molecule has 2 aromatic heterocycles. The maximum Gasteiger partial charge on any atom is 0.264 e. The van der Waals surface area contributed by atoms with E-state index < -0.39 is 15.6 Å². The Hall–Kier alpha value is -2.13. The second kappa shape index (κ2) is 4.86. The van der Waals surface area contributed by atoms with Gasteiger partial charge in [0.05, 0.1) is 5.02 Å². The van der Waals surface area contributed by atoms with Crippen molar-refractivity contribution in [2.45, 2.75) is 4.90 Å². The molecule has 0 aliphatic carbocycles. The second-order valence-corrected chi connectivity index (χ2v) is 5.54. The molecule has 2 aromatic rings. The van der Waals surface area contributed by atoms with E-state index in [1.807, 2.05) is 0 Å². The number of nitrogens with two attached hydrogens (primary N) is 1. The molecule has 0 unspecified atom stereocenters. The van der Waals surface area contributed by atoms with E-state index in [1.54, 1.807) is 0 Å². The van der Waals surface area contributed by atoms with Crippen LogP contribution in [0.1, 0.15) is 0 Å². The van der Waals surface area contributed by atoms with Crippen molar-refractivity contribution in [2.75, 3.05) is 10.5 Å². The topological polar surface area (TPSA) is 131 Å². The molecule has 0 spiro atoms. The van der Waals surface area contributed by atoms with E-state index in [-0.39, 0.29) is 21.6 Å². The van der Waals surface area contributed by atoms with Crippen LogP contribution in [0.15, 0.2) is 34.1 Å². The van der Waals surface area contributed by atoms with Crippen molar-refractivity contribution in [1.29, 1.82) is 0 Å². The molecule has 0 saturated carbocycles. The van der Waals surface area contributed by atoms with E-state index in [9.17, 15) is 13.2 Å². The number of nitrogen functional groups attached to an aromatic ring is 1. The number of anilines is 2. The van der Waals surface area contributed by atoms with Gasteiger partial charge in [-0.2, -0.15) is 5.10 Å². The third-order valence-corrected chi connectivity index (χ3v) is 3.70. The number of rotatable bonds is 3. The second-order valence-electron chi connectivity index (χ2n) is 3.45. The highest BCUT2D eigenvalue weighted by Gasteiger charge is 2.16. The zero-order valence-corrected chi connectivity index (χ0v) is 10.9. The zero-order valence-electron chi connectivity index (χ0n) is 9.29. The first-order valence-electron chi connectivity index (χ1n) is 4.88. The largest absolute Gasteiger partial charge is 0.382 e. The summed E-state index contributed by atoms with van der Waals surface area (Å²) in [6, 6.07) is 3.53. The summed E-state index contributed by atoms with van der Waals surface area (Å²) in [4.78, 5) is 14.3. The van der Waals surface area contributed by atoms with Crippen molar-refractivity contribution in [2.24, 2.45) is 0 Å². The van der Waals surface area contributed by atoms with Gasteiger partial charge in [0.2, 0.25) is 0 Å². The first-order valence-corrected chi connectivity index (χ1v) is 6.74. The van der Waals surface area contributed by atoms with Gasteiger partial charge < -0.3 is 5.73 Å². The Morgan fingerprint density at radius 2 is 2.11 bits per heavy atom. The highest BCUT2D eigenvalue weighted by atomic mass is 35.5. The molecule has 0 bridgehead atoms. The van der Waals surface area contributed by atoms with E-state index in [4.69, 9.17) is 17.3 Å². The first kappa shape index (κ1) is 13.3. The molecule has 0 saturated heterocycles. The number of hydrogen-bond acceptors (Lipinski definition) is 6. The third kappa shape index (κ3) is 3.01. The predicted molar refractivity (Wildman–Crippen MR) is 69.3 cm³/mol. The highest BCUT2D eigenvalue weighted by molar-refractivity contribution is 7.92. The van der Waals surface area contributed by atoms with Crippen molar-refractivity contribution < 1.29 is 8.42 Å². The number of hydrogen-bond donors (Lipinski definition) is 3. The van der Waals surface area contributed by atoms with Gasteiger partial charge in [0.25, 0.3) is 15.6 Å². The Kier molecular flexibility index (Phi) is 3.40. The molecular formula is C9H8ClN5O3S. The summed E-state index contributed by atoms with van der Waals surface area (Å²) in [6.07, 6.45) is 1.06. The minimum atomic E-state index is -3.90. The normalized spacial score (nSPS) is 11.2. The number of halogens is 1. The van der Waals surface area contributed by atoms with Gasteiger partial charge in [-0.1, -0.05) is 11.6 Å². The average molecular weight is 302 g/mol. The van der Waals surface area contributed by atoms with E-state index in [0.717, 1.165) is 18.3 Å². The molecule has 0 atom stereocenters. The van der Waals surface area contributed by atoms with Crippen molar-refractivity contribution in [1.82, 2.24) is 15.2 Å². The Bertz CT molecular complexity index is 753. The van der Waals surface area contributed by atoms with Gasteiger partial charge in [0, 0.05) is 12.3 Å². The number of aromatic nitrogens is 3. The summed E-state index contributed by atoms with van der Waals surface area (Å²) < 4.78 is 26.1. The van der Waals surface area contributed by atoms with Crippen LogP contribution >= 0.6 is 11.6 Å². The summed E-state index contributed by atoms with van der Waals surface area (Å²) >= 11 is 5.70. The molecule has 10 heteroatoms. The van der Waals surface area contributed by atoms with Gasteiger partial charge in [-0.05, 0) is 12.1 Å². The van der Waals surface area contributed by atoms with Crippen molar-refractivity contribution in [3.8, 4) is 0 Å². The fourth-order valence-electron chi connectivity index (χ4n) is 1.18. The lowest BCUT2D eigenvalue weighted by Crippen LogP contribution is -2.16. The lowest BCUT2D eigenvalue weighted by Gasteiger charge is -2.07. The number of nitrogens with one attached hydrogen (secondary N) is 2. The van der Waals surface area contributed by atoms with E-state index in [1.165, 1.54) is 6.07 Å². The van der Waals surface area contributed by atoms with Gasteiger partial charge in [-0.25, -0.2) is 18.5 Å². The molecular weight excluding hydrogens is 294 g/mol. The fraction of sp³-hybridized carbons (Fsp3) is 0. The Balaban J connectivity index is 2.34. The van der Waals surface area contributed by atoms with Crippen LogP contribution in [0.2, 0.25) is 5.02 Å². The van der Waals surface area contributed by atoms with Crippen LogP contribution in [0, 0.1) is 0 Å². The molecule has 0 amide bonds. The monoisotopic (exact) mass is 301 g/mol. The molecule has 19 heavy (non-hydrogen) atoms. The number of sulfonamides is 1. The predicted octanol–water partition coefficient (Wildman–Crippen LogP) is 0.201. The quantitative estimate of drug-likeness (QED) is 0.742. The van der Waals surface area contributed by atoms with E-state index in [2.05, 4.69) is 19.9 Å². The summed E-state index contributed by atoms with van der Waals surface area (Å²) in [7, 11) is -3.90. The lowest BCUT2D eigenvalue weighted by atomic mass is 10.5. The number of aromatic amines is 1.